The minimum absolute atomic E-state index is 0.00432. The monoisotopic (exact) mass is 547 g/mol. The van der Waals surface area contributed by atoms with E-state index in [2.05, 4.69) is 35.8 Å². The quantitative estimate of drug-likeness (QED) is 0.369. The molecule has 0 bridgehead atoms. The molecule has 2 aromatic rings. The Balaban J connectivity index is 1.34. The summed E-state index contributed by atoms with van der Waals surface area (Å²) in [5.41, 5.74) is 3.52. The van der Waals surface area contributed by atoms with Crippen LogP contribution in [0.3, 0.4) is 0 Å². The summed E-state index contributed by atoms with van der Waals surface area (Å²) in [7, 11) is 1.68. The smallest absolute Gasteiger partial charge is 0.243 e. The van der Waals surface area contributed by atoms with Gasteiger partial charge in [-0.2, -0.15) is 0 Å². The van der Waals surface area contributed by atoms with Gasteiger partial charge in [-0.1, -0.05) is 61.9 Å². The third-order valence-corrected chi connectivity index (χ3v) is 8.32. The molecule has 4 atom stereocenters. The molecule has 0 aromatic heterocycles. The zero-order valence-electron chi connectivity index (χ0n) is 24.4. The van der Waals surface area contributed by atoms with Crippen LogP contribution in [-0.2, 0) is 33.6 Å². The van der Waals surface area contributed by atoms with Crippen LogP contribution in [0, 0.1) is 5.92 Å². The van der Waals surface area contributed by atoms with Gasteiger partial charge in [0, 0.05) is 13.6 Å². The van der Waals surface area contributed by atoms with Crippen molar-refractivity contribution >= 4 is 17.6 Å². The number of rotatable bonds is 14. The number of benzene rings is 2. The second-order valence-electron chi connectivity index (χ2n) is 11.5. The van der Waals surface area contributed by atoms with Gasteiger partial charge in [-0.05, 0) is 81.4 Å². The summed E-state index contributed by atoms with van der Waals surface area (Å²) in [6.45, 7) is 5.99. The van der Waals surface area contributed by atoms with Gasteiger partial charge in [-0.3, -0.25) is 14.4 Å². The highest BCUT2D eigenvalue weighted by atomic mass is 16.5. The Labute approximate surface area is 239 Å². The van der Waals surface area contributed by atoms with E-state index < -0.39 is 12.1 Å². The summed E-state index contributed by atoms with van der Waals surface area (Å²) >= 11 is 0. The predicted molar refractivity (Wildman–Crippen MR) is 157 cm³/mol. The zero-order chi connectivity index (χ0) is 28.6. The number of fused-ring (bicyclic) bond motifs is 1. The lowest BCUT2D eigenvalue weighted by Crippen LogP contribution is -2.56. The average molecular weight is 548 g/mol. The van der Waals surface area contributed by atoms with Crippen molar-refractivity contribution in [2.45, 2.75) is 96.4 Å². The van der Waals surface area contributed by atoms with E-state index >= 15 is 0 Å². The maximum atomic E-state index is 13.6. The number of hydrogen-bond donors (Lipinski definition) is 2. The standard InChI is InChI=1S/C33H45N3O4/c1-5-6-13-26-14-10-15-27-18-19-28(40-31(26)27)21-34-30(25-16-17-25)33(39)36(4)22(2)32(38)35-29(23(3)37)20-24-11-8-7-9-12-24/h7-12,14-15,22,25,28-30,34H,5-6,13,16-21H2,1-4H3,(H,35,38)/t22-,28?,29-,30+/m1/s1. The Hall–Kier alpha value is -3.19. The van der Waals surface area contributed by atoms with E-state index in [1.54, 1.807) is 14.0 Å². The number of ketones is 1. The molecular weight excluding hydrogens is 502 g/mol. The number of nitrogens with one attached hydrogen (secondary N) is 2. The molecule has 1 unspecified atom stereocenters. The van der Waals surface area contributed by atoms with Crippen molar-refractivity contribution < 1.29 is 19.1 Å². The molecule has 0 saturated heterocycles. The number of nitrogens with zero attached hydrogens (tertiary/aromatic N) is 1. The number of hydrogen-bond acceptors (Lipinski definition) is 5. The van der Waals surface area contributed by atoms with Gasteiger partial charge in [0.2, 0.25) is 11.8 Å². The van der Waals surface area contributed by atoms with Crippen LogP contribution in [0.15, 0.2) is 48.5 Å². The van der Waals surface area contributed by atoms with Crippen LogP contribution in [0.25, 0.3) is 0 Å². The van der Waals surface area contributed by atoms with Crippen molar-refractivity contribution in [3.63, 3.8) is 0 Å². The van der Waals surface area contributed by atoms with E-state index in [4.69, 9.17) is 4.74 Å². The number of carbonyl (C=O) groups excluding carboxylic acids is 3. The summed E-state index contributed by atoms with van der Waals surface area (Å²) in [6, 6.07) is 14.4. The number of carbonyl (C=O) groups is 3. The van der Waals surface area contributed by atoms with Gasteiger partial charge in [0.15, 0.2) is 5.78 Å². The third kappa shape index (κ3) is 7.72. The van der Waals surface area contributed by atoms with Gasteiger partial charge in [0.1, 0.15) is 17.9 Å². The van der Waals surface area contributed by atoms with Gasteiger partial charge >= 0.3 is 0 Å². The Morgan fingerprint density at radius 3 is 2.48 bits per heavy atom. The molecule has 1 saturated carbocycles. The molecule has 7 heteroatoms. The first-order chi connectivity index (χ1) is 19.3. The molecule has 2 aromatic carbocycles. The van der Waals surface area contributed by atoms with Crippen molar-refractivity contribution in [1.82, 2.24) is 15.5 Å². The first-order valence-corrected chi connectivity index (χ1v) is 14.9. The highest BCUT2D eigenvalue weighted by molar-refractivity contribution is 5.93. The lowest BCUT2D eigenvalue weighted by molar-refractivity contribution is -0.141. The zero-order valence-corrected chi connectivity index (χ0v) is 24.4. The molecule has 1 heterocycles. The number of unbranched alkanes of at least 4 members (excludes halogenated alkanes) is 1. The number of Topliss-reactive ketones (excluding diaryl/α,β-unsaturated/α-hetero) is 1. The molecule has 0 radical (unpaired) electrons. The fraction of sp³-hybridized carbons (Fsp3) is 0.545. The Morgan fingerprint density at radius 2 is 1.80 bits per heavy atom. The maximum absolute atomic E-state index is 13.6. The Kier molecular flexibility index (Phi) is 10.4. The van der Waals surface area contributed by atoms with Crippen molar-refractivity contribution in [1.29, 1.82) is 0 Å². The molecule has 1 fully saturated rings. The van der Waals surface area contributed by atoms with E-state index in [9.17, 15) is 14.4 Å². The number of aryl methyl sites for hydroxylation is 2. The first-order valence-electron chi connectivity index (χ1n) is 14.9. The van der Waals surface area contributed by atoms with E-state index in [0.717, 1.165) is 56.3 Å². The SMILES string of the molecule is CCCCc1cccc2c1OC(CN[C@H](C(=O)N(C)[C@H](C)C(=O)N[C@H](Cc1ccccc1)C(C)=O)C1CC1)CC2. The molecule has 216 valence electrons. The molecule has 40 heavy (non-hydrogen) atoms. The number of amides is 2. The lowest BCUT2D eigenvalue weighted by atomic mass is 9.96. The predicted octanol–water partition coefficient (Wildman–Crippen LogP) is 4.25. The van der Waals surface area contributed by atoms with E-state index in [-0.39, 0.29) is 35.7 Å². The van der Waals surface area contributed by atoms with Gasteiger partial charge in [0.25, 0.3) is 0 Å². The molecule has 1 aliphatic heterocycles. The highest BCUT2D eigenvalue weighted by Gasteiger charge is 2.40. The van der Waals surface area contributed by atoms with Crippen molar-refractivity contribution in [2.75, 3.05) is 13.6 Å². The third-order valence-electron chi connectivity index (χ3n) is 8.32. The summed E-state index contributed by atoms with van der Waals surface area (Å²) in [5, 5.41) is 6.38. The van der Waals surface area contributed by atoms with Crippen LogP contribution in [0.2, 0.25) is 0 Å². The largest absolute Gasteiger partial charge is 0.489 e. The summed E-state index contributed by atoms with van der Waals surface area (Å²) in [6.07, 6.45) is 7.60. The molecule has 1 aliphatic carbocycles. The van der Waals surface area contributed by atoms with E-state index in [1.165, 1.54) is 23.0 Å². The summed E-state index contributed by atoms with van der Waals surface area (Å²) in [4.78, 5) is 40.5. The molecule has 2 N–H and O–H groups in total. The normalized spacial score (nSPS) is 18.6. The maximum Gasteiger partial charge on any atom is 0.243 e. The highest BCUT2D eigenvalue weighted by Crippen LogP contribution is 2.35. The van der Waals surface area contributed by atoms with Gasteiger partial charge in [0.05, 0.1) is 12.1 Å². The van der Waals surface area contributed by atoms with Crippen molar-refractivity contribution in [3.8, 4) is 5.75 Å². The molecule has 2 amide bonds. The van der Waals surface area contributed by atoms with Crippen LogP contribution >= 0.6 is 0 Å². The minimum atomic E-state index is -0.702. The minimum Gasteiger partial charge on any atom is -0.489 e. The van der Waals surface area contributed by atoms with Crippen LogP contribution in [0.5, 0.6) is 5.75 Å². The molecule has 4 rings (SSSR count). The number of likely N-dealkylation sites (N-methyl/N-ethyl adjacent to an activating group) is 1. The molecule has 2 aliphatic rings. The Morgan fingerprint density at radius 1 is 1.05 bits per heavy atom. The van der Waals surface area contributed by atoms with E-state index in [0.29, 0.717) is 13.0 Å². The van der Waals surface area contributed by atoms with Crippen molar-refractivity contribution in [2.24, 2.45) is 5.92 Å². The first kappa shape index (κ1) is 29.8. The van der Waals surface area contributed by atoms with Crippen molar-refractivity contribution in [3.05, 3.63) is 65.2 Å². The van der Waals surface area contributed by atoms with Crippen LogP contribution in [0.4, 0.5) is 0 Å². The fourth-order valence-electron chi connectivity index (χ4n) is 5.40. The molecular formula is C33H45N3O4. The van der Waals surface area contributed by atoms with Gasteiger partial charge in [-0.15, -0.1) is 0 Å². The van der Waals surface area contributed by atoms with E-state index in [1.807, 2.05) is 30.3 Å². The molecule has 0 spiro atoms. The summed E-state index contributed by atoms with van der Waals surface area (Å²) < 4.78 is 6.47. The van der Waals surface area contributed by atoms with Crippen LogP contribution < -0.4 is 15.4 Å². The second-order valence-corrected chi connectivity index (χ2v) is 11.5. The van der Waals surface area contributed by atoms with Gasteiger partial charge in [-0.25, -0.2) is 0 Å². The number of para-hydroxylation sites is 1. The lowest BCUT2D eigenvalue weighted by Gasteiger charge is -2.32. The van der Waals surface area contributed by atoms with Gasteiger partial charge < -0.3 is 20.3 Å². The Bertz CT molecular complexity index is 1160. The summed E-state index contributed by atoms with van der Waals surface area (Å²) in [5.74, 6) is 0.772. The second kappa shape index (κ2) is 13.9. The number of ether oxygens (including phenoxy) is 1. The van der Waals surface area contributed by atoms with Crippen LogP contribution in [-0.4, -0.2) is 60.3 Å². The average Bonchev–Trinajstić information content (AvgIpc) is 3.80. The topological polar surface area (TPSA) is 87.7 Å². The fourth-order valence-corrected chi connectivity index (χ4v) is 5.40. The van der Waals surface area contributed by atoms with Crippen LogP contribution in [0.1, 0.15) is 69.6 Å². The molecule has 7 nitrogen and oxygen atoms in total.